The molecule has 2 aromatic rings. The number of nitrogens with one attached hydrogen (secondary N) is 1. The number of anilines is 1. The lowest BCUT2D eigenvalue weighted by molar-refractivity contribution is -0.133. The molecule has 7 nitrogen and oxygen atoms in total. The number of halogens is 1. The third-order valence-corrected chi connectivity index (χ3v) is 6.43. The number of carboxylic acid groups (broad SMARTS) is 1. The van der Waals surface area contributed by atoms with Gasteiger partial charge < -0.3 is 5.11 Å². The standard InChI is InChI=1S/C11H10ClN3O4S3/c1-6-7(12)3-2-4-8(6)22(18,19)15-10-13-14-11(21-10)20-5-9(16)17/h2-4H,5H2,1H3,(H,13,15)(H,16,17). The molecule has 0 fully saturated rings. The van der Waals surface area contributed by atoms with Crippen LogP contribution in [0.1, 0.15) is 5.56 Å². The SMILES string of the molecule is Cc1c(Cl)cccc1S(=O)(=O)Nc1nnc(SCC(=O)O)s1. The summed E-state index contributed by atoms with van der Waals surface area (Å²) in [6.07, 6.45) is 0. The second kappa shape index (κ2) is 6.82. The van der Waals surface area contributed by atoms with E-state index >= 15 is 0 Å². The quantitative estimate of drug-likeness (QED) is 0.742. The van der Waals surface area contributed by atoms with E-state index in [1.165, 1.54) is 12.1 Å². The zero-order valence-corrected chi connectivity index (χ0v) is 14.3. The minimum atomic E-state index is -3.84. The largest absolute Gasteiger partial charge is 0.481 e. The zero-order valence-electron chi connectivity index (χ0n) is 11.1. The molecule has 1 aromatic carbocycles. The lowest BCUT2D eigenvalue weighted by atomic mass is 10.2. The highest BCUT2D eigenvalue weighted by Gasteiger charge is 2.20. The fourth-order valence-corrected chi connectivity index (χ4v) is 4.68. The molecule has 118 valence electrons. The Hall–Kier alpha value is -1.36. The third-order valence-electron chi connectivity index (χ3n) is 2.45. The molecule has 0 aliphatic carbocycles. The Morgan fingerprint density at radius 3 is 2.86 bits per heavy atom. The molecule has 0 saturated heterocycles. The van der Waals surface area contributed by atoms with Crippen molar-refractivity contribution < 1.29 is 18.3 Å². The predicted octanol–water partition coefficient (Wildman–Crippen LogP) is 2.48. The maximum absolute atomic E-state index is 12.3. The highest BCUT2D eigenvalue weighted by atomic mass is 35.5. The van der Waals surface area contributed by atoms with Crippen LogP contribution in [-0.4, -0.2) is 35.4 Å². The summed E-state index contributed by atoms with van der Waals surface area (Å²) in [7, 11) is -3.84. The molecule has 0 atom stereocenters. The van der Waals surface area contributed by atoms with Gasteiger partial charge in [-0.25, -0.2) is 8.42 Å². The Balaban J connectivity index is 2.19. The number of nitrogens with zero attached hydrogens (tertiary/aromatic N) is 2. The molecule has 0 radical (unpaired) electrons. The number of rotatable bonds is 6. The number of thioether (sulfide) groups is 1. The molecule has 0 aliphatic rings. The number of hydrogen-bond donors (Lipinski definition) is 2. The van der Waals surface area contributed by atoms with Crippen LogP contribution < -0.4 is 4.72 Å². The number of sulfonamides is 1. The van der Waals surface area contributed by atoms with Crippen LogP contribution >= 0.6 is 34.7 Å². The topological polar surface area (TPSA) is 109 Å². The van der Waals surface area contributed by atoms with Gasteiger partial charge in [-0.2, -0.15) is 0 Å². The molecular weight excluding hydrogens is 370 g/mol. The van der Waals surface area contributed by atoms with Gasteiger partial charge in [-0.15, -0.1) is 10.2 Å². The molecule has 1 aromatic heterocycles. The van der Waals surface area contributed by atoms with Gasteiger partial charge in [0.25, 0.3) is 10.0 Å². The summed E-state index contributed by atoms with van der Waals surface area (Å²) in [5.41, 5.74) is 0.432. The van der Waals surface area contributed by atoms with Crippen molar-refractivity contribution in [3.63, 3.8) is 0 Å². The van der Waals surface area contributed by atoms with E-state index in [0.717, 1.165) is 23.1 Å². The van der Waals surface area contributed by atoms with Crippen molar-refractivity contribution in [2.45, 2.75) is 16.2 Å². The fraction of sp³-hybridized carbons (Fsp3) is 0.182. The van der Waals surface area contributed by atoms with Gasteiger partial charge in [-0.05, 0) is 24.6 Å². The lowest BCUT2D eigenvalue weighted by Crippen LogP contribution is -2.14. The van der Waals surface area contributed by atoms with Crippen molar-refractivity contribution in [1.82, 2.24) is 10.2 Å². The number of benzene rings is 1. The fourth-order valence-electron chi connectivity index (χ4n) is 1.48. The predicted molar refractivity (Wildman–Crippen MR) is 85.3 cm³/mol. The number of carboxylic acids is 1. The van der Waals surface area contributed by atoms with E-state index in [1.807, 2.05) is 0 Å². The Kier molecular flexibility index (Phi) is 5.27. The Labute approximate surface area is 139 Å². The summed E-state index contributed by atoms with van der Waals surface area (Å²) < 4.78 is 27.3. The monoisotopic (exact) mass is 379 g/mol. The van der Waals surface area contributed by atoms with Crippen molar-refractivity contribution in [1.29, 1.82) is 0 Å². The minimum Gasteiger partial charge on any atom is -0.481 e. The molecule has 2 N–H and O–H groups in total. The molecule has 0 unspecified atom stereocenters. The average molecular weight is 380 g/mol. The van der Waals surface area contributed by atoms with Gasteiger partial charge in [-0.3, -0.25) is 9.52 Å². The first kappa shape index (κ1) is 17.0. The maximum Gasteiger partial charge on any atom is 0.313 e. The molecule has 0 saturated carbocycles. The smallest absolute Gasteiger partial charge is 0.313 e. The average Bonchev–Trinajstić information content (AvgIpc) is 2.86. The highest BCUT2D eigenvalue weighted by Crippen LogP contribution is 2.28. The van der Waals surface area contributed by atoms with Gasteiger partial charge >= 0.3 is 5.97 Å². The molecule has 0 bridgehead atoms. The molecule has 11 heteroatoms. The van der Waals surface area contributed by atoms with Crippen LogP contribution in [-0.2, 0) is 14.8 Å². The highest BCUT2D eigenvalue weighted by molar-refractivity contribution is 8.01. The normalized spacial score (nSPS) is 11.4. The second-order valence-electron chi connectivity index (χ2n) is 4.02. The van der Waals surface area contributed by atoms with E-state index < -0.39 is 16.0 Å². The molecule has 2 rings (SSSR count). The van der Waals surface area contributed by atoms with Crippen LogP contribution in [0.15, 0.2) is 27.4 Å². The van der Waals surface area contributed by atoms with Crippen molar-refractivity contribution >= 4 is 55.8 Å². The van der Waals surface area contributed by atoms with Gasteiger partial charge in [-0.1, -0.05) is 40.8 Å². The number of aromatic nitrogens is 2. The van der Waals surface area contributed by atoms with Crippen LogP contribution in [0.2, 0.25) is 5.02 Å². The molecule has 0 aliphatic heterocycles. The van der Waals surface area contributed by atoms with Gasteiger partial charge in [0.05, 0.1) is 10.6 Å². The Morgan fingerprint density at radius 2 is 2.18 bits per heavy atom. The zero-order chi connectivity index (χ0) is 16.3. The van der Waals surface area contributed by atoms with E-state index in [1.54, 1.807) is 13.0 Å². The van der Waals surface area contributed by atoms with Crippen molar-refractivity contribution in [3.8, 4) is 0 Å². The molecule has 1 heterocycles. The number of hydrogen-bond acceptors (Lipinski definition) is 7. The Morgan fingerprint density at radius 1 is 1.45 bits per heavy atom. The van der Waals surface area contributed by atoms with Gasteiger partial charge in [0.2, 0.25) is 5.13 Å². The van der Waals surface area contributed by atoms with Crippen molar-refractivity contribution in [2.75, 3.05) is 10.5 Å². The van der Waals surface area contributed by atoms with Crippen molar-refractivity contribution in [3.05, 3.63) is 28.8 Å². The molecule has 22 heavy (non-hydrogen) atoms. The van der Waals surface area contributed by atoms with Gasteiger partial charge in [0, 0.05) is 5.02 Å². The summed E-state index contributed by atoms with van der Waals surface area (Å²) in [4.78, 5) is 10.5. The maximum atomic E-state index is 12.3. The number of aliphatic carboxylic acids is 1. The summed E-state index contributed by atoms with van der Waals surface area (Å²) in [6.45, 7) is 1.60. The van der Waals surface area contributed by atoms with Crippen LogP contribution in [0.5, 0.6) is 0 Å². The van der Waals surface area contributed by atoms with E-state index in [9.17, 15) is 13.2 Å². The molecule has 0 spiro atoms. The third kappa shape index (κ3) is 4.09. The van der Waals surface area contributed by atoms with Crippen LogP contribution in [0, 0.1) is 6.92 Å². The first-order chi connectivity index (χ1) is 10.3. The molecule has 0 amide bonds. The summed E-state index contributed by atoms with van der Waals surface area (Å²) in [5, 5.41) is 16.4. The Bertz CT molecular complexity index is 807. The van der Waals surface area contributed by atoms with Crippen LogP contribution in [0.3, 0.4) is 0 Å². The van der Waals surface area contributed by atoms with Gasteiger partial charge in [0.1, 0.15) is 0 Å². The van der Waals surface area contributed by atoms with E-state index in [-0.39, 0.29) is 15.8 Å². The number of carbonyl (C=O) groups is 1. The van der Waals surface area contributed by atoms with Crippen molar-refractivity contribution in [2.24, 2.45) is 0 Å². The molecular formula is C11H10ClN3O4S3. The first-order valence-corrected chi connectivity index (χ1v) is 9.42. The lowest BCUT2D eigenvalue weighted by Gasteiger charge is -2.08. The van der Waals surface area contributed by atoms with E-state index in [0.29, 0.717) is 14.9 Å². The summed E-state index contributed by atoms with van der Waals surface area (Å²) >= 11 is 7.85. The first-order valence-electron chi connectivity index (χ1n) is 5.75. The van der Waals surface area contributed by atoms with E-state index in [2.05, 4.69) is 14.9 Å². The van der Waals surface area contributed by atoms with Gasteiger partial charge in [0.15, 0.2) is 4.34 Å². The minimum absolute atomic E-state index is 0.0509. The van der Waals surface area contributed by atoms with Crippen LogP contribution in [0.25, 0.3) is 0 Å². The summed E-state index contributed by atoms with van der Waals surface area (Å²) in [5.74, 6) is -1.16. The summed E-state index contributed by atoms with van der Waals surface area (Å²) in [6, 6.07) is 4.57. The van der Waals surface area contributed by atoms with E-state index in [4.69, 9.17) is 16.7 Å². The van der Waals surface area contributed by atoms with Crippen LogP contribution in [0.4, 0.5) is 5.13 Å². The second-order valence-corrected chi connectivity index (χ2v) is 8.28.